The summed E-state index contributed by atoms with van der Waals surface area (Å²) >= 11 is 0. The van der Waals surface area contributed by atoms with Crippen LogP contribution in [0.25, 0.3) is 4.13 Å². The van der Waals surface area contributed by atoms with Crippen LogP contribution in [0.3, 0.4) is 0 Å². The molecule has 1 heterocycles. The fraction of sp³-hybridized carbons (Fsp3) is 0.625. The Bertz CT molecular complexity index is 515. The highest BCUT2D eigenvalue weighted by atomic mass is 32.3. The second-order valence-electron chi connectivity index (χ2n) is 3.45. The maximum Gasteiger partial charge on any atom is 0.243 e. The molecule has 0 aliphatic carbocycles. The minimum absolute atomic E-state index is 0.716. The van der Waals surface area contributed by atoms with Crippen LogP contribution in [0.15, 0.2) is 18.7 Å². The summed E-state index contributed by atoms with van der Waals surface area (Å²) < 4.78 is 47.0. The number of sulfonamides is 2. The molecule has 7 nitrogen and oxygen atoms in total. The van der Waals surface area contributed by atoms with Crippen molar-refractivity contribution in [3.05, 3.63) is 22.8 Å². The van der Waals surface area contributed by atoms with Gasteiger partial charge in [-0.05, 0) is 6.92 Å². The van der Waals surface area contributed by atoms with Gasteiger partial charge in [-0.3, -0.25) is 0 Å². The molecule has 0 N–H and O–H groups in total. The summed E-state index contributed by atoms with van der Waals surface area (Å²) in [7, 11) is -5.47. The summed E-state index contributed by atoms with van der Waals surface area (Å²) in [4.78, 5) is 0. The normalized spacial score (nSPS) is 11.8. The molecule has 0 atom stereocenters. The van der Waals surface area contributed by atoms with Gasteiger partial charge in [0.2, 0.25) is 6.33 Å². The molecular formula is C8H17N3O4S2. The van der Waals surface area contributed by atoms with Gasteiger partial charge in [-0.15, -0.1) is 0 Å². The maximum absolute atomic E-state index is 10.1. The third-order valence-electron chi connectivity index (χ3n) is 1.46. The fourth-order valence-corrected chi connectivity index (χ4v) is 2.90. The Morgan fingerprint density at radius 3 is 1.76 bits per heavy atom. The lowest BCUT2D eigenvalue weighted by molar-refractivity contribution is -0.671. The monoisotopic (exact) mass is 283 g/mol. The summed E-state index contributed by atoms with van der Waals surface area (Å²) in [5.41, 5.74) is 0. The van der Waals surface area contributed by atoms with Crippen LogP contribution in [0.5, 0.6) is 0 Å². The SMILES string of the molecule is CCn1cc[n+](C)c1.CS(=O)(=O)[N-]S(C)(=O)=O. The third-order valence-corrected chi connectivity index (χ3v) is 3.63. The van der Waals surface area contributed by atoms with Crippen LogP contribution < -0.4 is 4.57 Å². The molecule has 0 bridgehead atoms. The highest BCUT2D eigenvalue weighted by Gasteiger charge is 1.93. The second kappa shape index (κ2) is 6.12. The minimum Gasteiger partial charge on any atom is -0.437 e. The molecule has 1 aromatic heterocycles. The number of rotatable bonds is 3. The van der Waals surface area contributed by atoms with Crippen LogP contribution in [0.4, 0.5) is 0 Å². The van der Waals surface area contributed by atoms with Crippen LogP contribution >= 0.6 is 0 Å². The molecule has 1 aromatic rings. The van der Waals surface area contributed by atoms with Crippen LogP contribution in [0.1, 0.15) is 6.92 Å². The Hall–Kier alpha value is -0.930. The molecule has 0 fully saturated rings. The molecule has 100 valence electrons. The van der Waals surface area contributed by atoms with Gasteiger partial charge in [0.05, 0.1) is 33.6 Å². The van der Waals surface area contributed by atoms with Gasteiger partial charge in [0, 0.05) is 12.5 Å². The standard InChI is InChI=1S/C6H11N2.C2H6NO4S2/c1-3-8-5-4-7(2)6-8;1-8(4,5)3-9(2,6)7/h4-6H,3H2,1-2H3;1-2H3/q+1;-1. The highest BCUT2D eigenvalue weighted by Crippen LogP contribution is 2.03. The fourth-order valence-electron chi connectivity index (χ4n) is 0.935. The van der Waals surface area contributed by atoms with Gasteiger partial charge >= 0.3 is 0 Å². The second-order valence-corrected chi connectivity index (χ2v) is 6.98. The lowest BCUT2D eigenvalue weighted by atomic mass is 10.7. The van der Waals surface area contributed by atoms with Gasteiger partial charge in [0.1, 0.15) is 12.4 Å². The molecule has 1 rings (SSSR count). The molecule has 0 saturated heterocycles. The van der Waals surface area contributed by atoms with E-state index in [2.05, 4.69) is 28.1 Å². The van der Waals surface area contributed by atoms with E-state index in [-0.39, 0.29) is 0 Å². The first-order valence-corrected chi connectivity index (χ1v) is 8.38. The van der Waals surface area contributed by atoms with E-state index in [1.807, 2.05) is 17.8 Å². The molecule has 17 heavy (non-hydrogen) atoms. The number of nitrogens with zero attached hydrogens (tertiary/aromatic N) is 3. The van der Waals surface area contributed by atoms with E-state index in [9.17, 15) is 16.8 Å². The number of hydrogen-bond acceptors (Lipinski definition) is 4. The van der Waals surface area contributed by atoms with E-state index in [0.29, 0.717) is 12.5 Å². The van der Waals surface area contributed by atoms with Crippen molar-refractivity contribution in [3.63, 3.8) is 0 Å². The Labute approximate surface area is 102 Å². The summed E-state index contributed by atoms with van der Waals surface area (Å²) in [5, 5.41) is 0. The number of imidazole rings is 1. The molecule has 0 unspecified atom stereocenters. The smallest absolute Gasteiger partial charge is 0.243 e. The highest BCUT2D eigenvalue weighted by molar-refractivity contribution is 8.11. The summed E-state index contributed by atoms with van der Waals surface area (Å²) in [5.74, 6) is 0. The van der Waals surface area contributed by atoms with Crippen molar-refractivity contribution in [1.82, 2.24) is 4.57 Å². The molecule has 9 heteroatoms. The first-order chi connectivity index (χ1) is 7.53. The zero-order valence-corrected chi connectivity index (χ0v) is 11.9. The minimum atomic E-state index is -3.74. The maximum atomic E-state index is 10.1. The molecule has 0 amide bonds. The van der Waals surface area contributed by atoms with Crippen molar-refractivity contribution in [1.29, 1.82) is 0 Å². The van der Waals surface area contributed by atoms with Crippen LogP contribution in [0, 0.1) is 0 Å². The average molecular weight is 283 g/mol. The molecule has 0 saturated carbocycles. The first kappa shape index (κ1) is 16.1. The molecular weight excluding hydrogens is 266 g/mol. The van der Waals surface area contributed by atoms with Crippen molar-refractivity contribution in [2.45, 2.75) is 13.5 Å². The summed E-state index contributed by atoms with van der Waals surface area (Å²) in [6.07, 6.45) is 7.57. The largest absolute Gasteiger partial charge is 0.437 e. The Morgan fingerprint density at radius 1 is 1.18 bits per heavy atom. The lowest BCUT2D eigenvalue weighted by Crippen LogP contribution is -2.23. The summed E-state index contributed by atoms with van der Waals surface area (Å²) in [6.45, 7) is 3.18. The molecule has 0 spiro atoms. The van der Waals surface area contributed by atoms with Gasteiger partial charge in [-0.25, -0.2) is 26.0 Å². The van der Waals surface area contributed by atoms with Crippen LogP contribution in [-0.4, -0.2) is 33.9 Å². The van der Waals surface area contributed by atoms with Crippen molar-refractivity contribution >= 4 is 20.0 Å². The first-order valence-electron chi connectivity index (χ1n) is 4.68. The number of hydrogen-bond donors (Lipinski definition) is 0. The van der Waals surface area contributed by atoms with E-state index < -0.39 is 20.0 Å². The predicted molar refractivity (Wildman–Crippen MR) is 64.3 cm³/mol. The van der Waals surface area contributed by atoms with Gasteiger partial charge in [-0.1, -0.05) is 0 Å². The molecule has 0 aromatic carbocycles. The molecule has 0 aliphatic heterocycles. The molecule has 0 aliphatic rings. The average Bonchev–Trinajstić information content (AvgIpc) is 2.45. The Morgan fingerprint density at radius 2 is 1.65 bits per heavy atom. The number of aryl methyl sites for hydroxylation is 2. The lowest BCUT2D eigenvalue weighted by Gasteiger charge is -2.11. The zero-order chi connectivity index (χ0) is 13.7. The third kappa shape index (κ3) is 9.97. The van der Waals surface area contributed by atoms with Crippen molar-refractivity contribution in [2.75, 3.05) is 12.5 Å². The van der Waals surface area contributed by atoms with Gasteiger partial charge < -0.3 is 4.13 Å². The molecule has 0 radical (unpaired) electrons. The topological polar surface area (TPSA) is 91.2 Å². The number of aromatic nitrogens is 2. The Balaban J connectivity index is 0.000000302. The van der Waals surface area contributed by atoms with E-state index in [0.717, 1.165) is 6.54 Å². The van der Waals surface area contributed by atoms with Crippen molar-refractivity contribution in [3.8, 4) is 0 Å². The van der Waals surface area contributed by atoms with E-state index in [1.165, 1.54) is 0 Å². The summed E-state index contributed by atoms with van der Waals surface area (Å²) in [6, 6.07) is 0. The van der Waals surface area contributed by atoms with Crippen LogP contribution in [0.2, 0.25) is 0 Å². The quantitative estimate of drug-likeness (QED) is 0.706. The van der Waals surface area contributed by atoms with Gasteiger partial charge in [0.25, 0.3) is 0 Å². The van der Waals surface area contributed by atoms with E-state index in [1.54, 1.807) is 0 Å². The predicted octanol–water partition coefficient (Wildman–Crippen LogP) is -0.388. The van der Waals surface area contributed by atoms with Gasteiger partial charge in [-0.2, -0.15) is 0 Å². The van der Waals surface area contributed by atoms with Crippen molar-refractivity contribution in [2.24, 2.45) is 7.05 Å². The zero-order valence-electron chi connectivity index (χ0n) is 10.2. The van der Waals surface area contributed by atoms with E-state index in [4.69, 9.17) is 0 Å². The Kier molecular flexibility index (Phi) is 5.79. The van der Waals surface area contributed by atoms with Crippen molar-refractivity contribution < 1.29 is 21.4 Å². The van der Waals surface area contributed by atoms with E-state index >= 15 is 0 Å². The van der Waals surface area contributed by atoms with Crippen LogP contribution in [-0.2, 0) is 33.6 Å². The van der Waals surface area contributed by atoms with Gasteiger partial charge in [0.15, 0.2) is 0 Å².